The zero-order valence-corrected chi connectivity index (χ0v) is 75.8. The van der Waals surface area contributed by atoms with Gasteiger partial charge in [0.25, 0.3) is 0 Å². The molecule has 1 aromatic heterocycles. The standard InChI is InChI=1S/C95H117FN16O19S/c1-54(2)42-68-84(120)106-74(83(119)99-51-79(97)115)52-132-53-80(116)100-72(44-57-20-11-9-12-21-57)92(128)110(8)78(47-61-28-34-63(96)35-29-61)94(130)108(6)56(5)91(127)111-41-19-27-76(111)89(125)104-71(49-81(117)118)87(123)107-82(55(3)4)95(131)109(7)77(46-58-22-13-10-14-23-58)90(126)105-73(45-60-32-38-65(114)39-33-60)93(129)112-40-18-17-26-75(112)88(124)103-70(48-62-50-98-67-25-16-15-24-66(62)67)86(122)102-69(85(121)101-68)43-59-30-36-64(113)37-31-59/h9-16,20-25,28-39,50,54-56,68-78,82,98,113-114H,17-19,26-27,40-49,51-53H2,1-8H3,(H2,97,115)(H,99,119)(H,100,116)(H,101,121)(H,102,122)(H,103,124)(H,104,125)(H,105,126)(H,106,120)(H,107,123)(H,117,118)/t56-,68-,69-,70+,71-,72-,73-,74-,75+,76+,77-,78-,82+/m0/s1. The van der Waals surface area contributed by atoms with Crippen LogP contribution in [0.15, 0.2) is 164 Å². The molecule has 0 radical (unpaired) electrons. The number of rotatable bonds is 20. The van der Waals surface area contributed by atoms with Gasteiger partial charge in [-0.1, -0.05) is 143 Å². The number of hydrogen-bond acceptors (Lipinski definition) is 19. The highest BCUT2D eigenvalue weighted by Gasteiger charge is 2.46. The van der Waals surface area contributed by atoms with E-state index in [0.717, 1.165) is 38.6 Å². The van der Waals surface area contributed by atoms with Gasteiger partial charge in [-0.25, -0.2) is 4.39 Å². The number of halogens is 1. The molecule has 0 aliphatic carbocycles. The topological polar surface area (TPSA) is 500 Å². The van der Waals surface area contributed by atoms with Gasteiger partial charge < -0.3 is 98.4 Å². The Bertz CT molecular complexity index is 5280. The van der Waals surface area contributed by atoms with Crippen molar-refractivity contribution in [3.05, 3.63) is 203 Å². The molecule has 15 N–H and O–H groups in total. The minimum absolute atomic E-state index is 0.0126. The first kappa shape index (κ1) is 100. The highest BCUT2D eigenvalue weighted by molar-refractivity contribution is 8.00. The monoisotopic (exact) mass is 1840 g/mol. The van der Waals surface area contributed by atoms with Gasteiger partial charge in [-0.05, 0) is 133 Å². The van der Waals surface area contributed by atoms with E-state index in [-0.39, 0.29) is 94.7 Å². The molecule has 132 heavy (non-hydrogen) atoms. The van der Waals surface area contributed by atoms with Crippen LogP contribution in [0.25, 0.3) is 10.9 Å². The van der Waals surface area contributed by atoms with Crippen molar-refractivity contribution in [2.45, 2.75) is 197 Å². The molecular formula is C95H117FN16O19S. The lowest BCUT2D eigenvalue weighted by Crippen LogP contribution is -2.63. The summed E-state index contributed by atoms with van der Waals surface area (Å²) in [6.45, 7) is 7.17. The normalized spacial score (nSPS) is 23.7. The van der Waals surface area contributed by atoms with Gasteiger partial charge in [0.15, 0.2) is 0 Å². The molecule has 10 rings (SSSR count). The molecular weight excluding hydrogens is 1720 g/mol. The second-order valence-corrected chi connectivity index (χ2v) is 35.5. The minimum atomic E-state index is -1.91. The number of aliphatic carboxylic acids is 1. The molecule has 3 aliphatic heterocycles. The van der Waals surface area contributed by atoms with Gasteiger partial charge in [0.2, 0.25) is 88.6 Å². The fourth-order valence-corrected chi connectivity index (χ4v) is 17.3. The number of thioether (sulfide) groups is 1. The molecule has 4 heterocycles. The SMILES string of the molecule is CC(C)C[C@@H]1NC(=O)[C@H](Cc2ccc(O)cc2)NC(=O)[C@@H](Cc2c[nH]c3ccccc23)NC(=O)[C@H]2CCCCN2C(=O)[C@H](Cc2ccc(O)cc2)NC(=O)[C@H](Cc2ccccc2)N(C)C(=O)[C@@H](C(C)C)NC(=O)[C@H](CC(=O)O)NC(=O)[C@H]2CCCN2C(=O)[C@H](C)N(C)C(=O)[C@H](Cc2ccc(F)cc2)N(C)C(=O)[C@H](Cc2ccccc2)NC(=O)CSC[C@@H](C(=O)NCC(N)=O)NC1=O. The maximum Gasteiger partial charge on any atom is 0.305 e. The van der Waals surface area contributed by atoms with Crippen molar-refractivity contribution in [1.29, 1.82) is 0 Å². The first-order valence-electron chi connectivity index (χ1n) is 44.0. The number of benzene rings is 6. The number of nitrogens with zero attached hydrogens (tertiary/aromatic N) is 5. The predicted octanol–water partition coefficient (Wildman–Crippen LogP) is 2.75. The number of piperidine rings is 1. The van der Waals surface area contributed by atoms with E-state index in [2.05, 4.69) is 52.8 Å². The van der Waals surface area contributed by atoms with E-state index in [1.807, 2.05) is 0 Å². The Labute approximate surface area is 768 Å². The number of likely N-dealkylation sites (N-methyl/N-ethyl adjacent to an activating group) is 3. The quantitative estimate of drug-likeness (QED) is 0.0522. The average Bonchev–Trinajstić information content (AvgIpc) is 1.79. The number of H-pyrrole nitrogens is 1. The molecule has 0 spiro atoms. The average molecular weight is 1840 g/mol. The smallest absolute Gasteiger partial charge is 0.305 e. The molecule has 37 heteroatoms. The third-order valence-electron chi connectivity index (χ3n) is 23.9. The van der Waals surface area contributed by atoms with Crippen molar-refractivity contribution in [2.24, 2.45) is 17.6 Å². The number of para-hydroxylation sites is 1. The van der Waals surface area contributed by atoms with E-state index < -0.39 is 209 Å². The summed E-state index contributed by atoms with van der Waals surface area (Å²) in [5.41, 5.74) is 8.90. The molecule has 704 valence electrons. The number of phenolic OH excluding ortho intramolecular Hbond substituents is 2. The second-order valence-electron chi connectivity index (χ2n) is 34.4. The summed E-state index contributed by atoms with van der Waals surface area (Å²) in [7, 11) is 3.89. The fourth-order valence-electron chi connectivity index (χ4n) is 16.4. The summed E-state index contributed by atoms with van der Waals surface area (Å²) >= 11 is 0.805. The third kappa shape index (κ3) is 27.7. The van der Waals surface area contributed by atoms with Crippen LogP contribution >= 0.6 is 11.8 Å². The highest BCUT2D eigenvalue weighted by atomic mass is 32.2. The summed E-state index contributed by atoms with van der Waals surface area (Å²) in [4.78, 5) is 247. The lowest BCUT2D eigenvalue weighted by atomic mass is 9.96. The van der Waals surface area contributed by atoms with Gasteiger partial charge in [0.1, 0.15) is 95.9 Å². The second kappa shape index (κ2) is 47.2. The Morgan fingerprint density at radius 1 is 0.477 bits per heavy atom. The van der Waals surface area contributed by atoms with Crippen LogP contribution in [0, 0.1) is 17.7 Å². The van der Waals surface area contributed by atoms with Gasteiger partial charge in [-0.15, -0.1) is 11.8 Å². The zero-order valence-electron chi connectivity index (χ0n) is 74.9. The number of amides is 15. The van der Waals surface area contributed by atoms with Crippen LogP contribution in [0.2, 0.25) is 0 Å². The van der Waals surface area contributed by atoms with Crippen LogP contribution in [0.5, 0.6) is 11.5 Å². The maximum absolute atomic E-state index is 15.9. The van der Waals surface area contributed by atoms with Gasteiger partial charge in [0, 0.05) is 95.6 Å². The Kier molecular flexibility index (Phi) is 35.9. The van der Waals surface area contributed by atoms with Crippen molar-refractivity contribution in [3.63, 3.8) is 0 Å². The van der Waals surface area contributed by atoms with E-state index in [1.54, 1.807) is 119 Å². The van der Waals surface area contributed by atoms with Crippen LogP contribution in [-0.2, 0) is 115 Å². The lowest BCUT2D eigenvalue weighted by molar-refractivity contribution is -0.151. The molecule has 13 atom stereocenters. The van der Waals surface area contributed by atoms with E-state index >= 15 is 47.9 Å². The number of phenols is 2. The maximum atomic E-state index is 15.9. The van der Waals surface area contributed by atoms with Crippen LogP contribution in [0.1, 0.15) is 113 Å². The Morgan fingerprint density at radius 3 is 1.54 bits per heavy atom. The molecule has 3 saturated heterocycles. The number of aromatic nitrogens is 1. The number of carbonyl (C=O) groups excluding carboxylic acids is 15. The first-order chi connectivity index (χ1) is 62.9. The third-order valence-corrected chi connectivity index (χ3v) is 24.9. The Balaban J connectivity index is 1.04. The molecule has 35 nitrogen and oxygen atoms in total. The molecule has 15 amide bonds. The van der Waals surface area contributed by atoms with Crippen molar-refractivity contribution in [1.82, 2.24) is 77.3 Å². The summed E-state index contributed by atoms with van der Waals surface area (Å²) in [6, 6.07) is 20.7. The first-order valence-corrected chi connectivity index (χ1v) is 45.2. The number of nitrogens with one attached hydrogen (secondary N) is 10. The van der Waals surface area contributed by atoms with E-state index in [9.17, 15) is 48.5 Å². The minimum Gasteiger partial charge on any atom is -0.508 e. The van der Waals surface area contributed by atoms with Crippen LogP contribution in [0.4, 0.5) is 4.39 Å². The van der Waals surface area contributed by atoms with Gasteiger partial charge in [-0.2, -0.15) is 0 Å². The van der Waals surface area contributed by atoms with Crippen molar-refractivity contribution < 1.29 is 96.4 Å². The molecule has 0 unspecified atom stereocenters. The van der Waals surface area contributed by atoms with Crippen molar-refractivity contribution >= 4 is 117 Å². The van der Waals surface area contributed by atoms with E-state index in [0.29, 0.717) is 57.1 Å². The molecule has 3 aliphatic rings. The Morgan fingerprint density at radius 2 is 0.947 bits per heavy atom. The van der Waals surface area contributed by atoms with E-state index in [1.165, 1.54) is 98.5 Å². The number of aromatic hydroxyl groups is 2. The lowest BCUT2D eigenvalue weighted by Gasteiger charge is -2.38. The molecule has 6 aromatic carbocycles. The van der Waals surface area contributed by atoms with Crippen molar-refractivity contribution in [2.75, 3.05) is 52.3 Å². The summed E-state index contributed by atoms with van der Waals surface area (Å²) < 4.78 is 14.6. The van der Waals surface area contributed by atoms with Gasteiger partial charge >= 0.3 is 5.97 Å². The highest BCUT2D eigenvalue weighted by Crippen LogP contribution is 2.28. The van der Waals surface area contributed by atoms with Crippen molar-refractivity contribution in [3.8, 4) is 11.5 Å². The number of carboxylic acids is 1. The number of carboxylic acid groups (broad SMARTS) is 1. The summed E-state index contributed by atoms with van der Waals surface area (Å²) in [5.74, 6) is -18.1. The number of nitrogens with two attached hydrogens (primary N) is 1. The zero-order chi connectivity index (χ0) is 95.7. The Hall–Kier alpha value is -13.7. The van der Waals surface area contributed by atoms with Gasteiger partial charge in [0.05, 0.1) is 18.7 Å². The molecule has 0 saturated carbocycles. The fraction of sp³-hybridized carbons (Fsp3) is 0.432. The van der Waals surface area contributed by atoms with E-state index in [4.69, 9.17) is 5.73 Å². The largest absolute Gasteiger partial charge is 0.508 e. The molecule has 0 bridgehead atoms. The number of carbonyl (C=O) groups is 16. The number of hydrogen-bond donors (Lipinski definition) is 14. The number of primary amides is 1. The summed E-state index contributed by atoms with van der Waals surface area (Å²) in [6.07, 6.45) is -0.0319. The molecule has 7 aromatic rings. The van der Waals surface area contributed by atoms with Crippen LogP contribution in [0.3, 0.4) is 0 Å². The van der Waals surface area contributed by atoms with Crippen LogP contribution < -0.4 is 53.6 Å². The van der Waals surface area contributed by atoms with Gasteiger partial charge in [-0.3, -0.25) is 76.7 Å². The molecule has 3 fully saturated rings. The summed E-state index contributed by atoms with van der Waals surface area (Å²) in [5, 5.41) is 56.3. The van der Waals surface area contributed by atoms with Crippen LogP contribution in [-0.4, -0.2) is 270 Å². The number of aromatic amines is 1. The number of fused-ring (bicyclic) bond motifs is 3. The predicted molar refractivity (Wildman–Crippen MR) is 487 cm³/mol.